The molecule has 5 rings (SSSR count). The molecule has 8 heteroatoms. The second-order valence-corrected chi connectivity index (χ2v) is 7.58. The molecule has 0 saturated heterocycles. The SMILES string of the molecule is COc1cc(F)cc(Cl)c1-c1ccc2c(=O)n(-c3cncc4ccccc34)c(=O)[nH]c2c1. The molecular formula is C24H15ClFN3O3. The number of ether oxygens (including phenoxy) is 1. The third-order valence-corrected chi connectivity index (χ3v) is 5.61. The van der Waals surface area contributed by atoms with Crippen molar-refractivity contribution in [2.45, 2.75) is 0 Å². The number of hydrogen-bond acceptors (Lipinski definition) is 4. The van der Waals surface area contributed by atoms with Gasteiger partial charge in [0, 0.05) is 28.6 Å². The number of halogens is 2. The molecule has 0 spiro atoms. The standard InChI is InChI=1S/C24H15ClFN3O3/c1-32-21-10-15(26)9-18(25)22(21)13-6-7-17-19(8-13)28-24(31)29(23(17)30)20-12-27-11-14-4-2-3-5-16(14)20/h2-12H,1H3,(H,28,31). The van der Waals surface area contributed by atoms with Gasteiger partial charge < -0.3 is 9.72 Å². The summed E-state index contributed by atoms with van der Waals surface area (Å²) in [5.74, 6) is -0.289. The Morgan fingerprint density at radius 2 is 1.84 bits per heavy atom. The van der Waals surface area contributed by atoms with Gasteiger partial charge in [0.25, 0.3) is 5.56 Å². The van der Waals surface area contributed by atoms with Gasteiger partial charge in [-0.15, -0.1) is 0 Å². The minimum Gasteiger partial charge on any atom is -0.496 e. The maximum absolute atomic E-state index is 13.7. The predicted octanol–water partition coefficient (Wildman–Crippen LogP) is 4.70. The quantitative estimate of drug-likeness (QED) is 0.435. The van der Waals surface area contributed by atoms with Crippen LogP contribution in [-0.4, -0.2) is 21.6 Å². The predicted molar refractivity (Wildman–Crippen MR) is 122 cm³/mol. The van der Waals surface area contributed by atoms with Crippen LogP contribution < -0.4 is 16.0 Å². The summed E-state index contributed by atoms with van der Waals surface area (Å²) < 4.78 is 20.1. The molecule has 1 N–H and O–H groups in total. The molecule has 0 amide bonds. The zero-order chi connectivity index (χ0) is 22.4. The van der Waals surface area contributed by atoms with Gasteiger partial charge in [0.05, 0.1) is 34.9 Å². The highest BCUT2D eigenvalue weighted by Crippen LogP contribution is 2.38. The van der Waals surface area contributed by atoms with Crippen molar-refractivity contribution in [1.29, 1.82) is 0 Å². The summed E-state index contributed by atoms with van der Waals surface area (Å²) in [5.41, 5.74) is 0.660. The van der Waals surface area contributed by atoms with Gasteiger partial charge in [-0.1, -0.05) is 41.9 Å². The van der Waals surface area contributed by atoms with E-state index in [1.54, 1.807) is 24.4 Å². The number of nitrogens with zero attached hydrogens (tertiary/aromatic N) is 2. The van der Waals surface area contributed by atoms with Crippen LogP contribution in [0.3, 0.4) is 0 Å². The molecule has 0 radical (unpaired) electrons. The van der Waals surface area contributed by atoms with E-state index in [9.17, 15) is 14.0 Å². The first kappa shape index (κ1) is 20.0. The number of nitrogens with one attached hydrogen (secondary N) is 1. The van der Waals surface area contributed by atoms with Gasteiger partial charge in [0.15, 0.2) is 0 Å². The lowest BCUT2D eigenvalue weighted by Crippen LogP contribution is -2.33. The number of rotatable bonds is 3. The molecule has 158 valence electrons. The normalized spacial score (nSPS) is 11.2. The molecule has 0 aliphatic rings. The lowest BCUT2D eigenvalue weighted by atomic mass is 10.0. The monoisotopic (exact) mass is 447 g/mol. The molecule has 2 aromatic heterocycles. The topological polar surface area (TPSA) is 77.0 Å². The lowest BCUT2D eigenvalue weighted by molar-refractivity contribution is 0.413. The van der Waals surface area contributed by atoms with Crippen molar-refractivity contribution in [1.82, 2.24) is 14.5 Å². The van der Waals surface area contributed by atoms with Gasteiger partial charge in [-0.25, -0.2) is 13.8 Å². The Kier molecular flexibility index (Phi) is 4.75. The van der Waals surface area contributed by atoms with Crippen LogP contribution >= 0.6 is 11.6 Å². The Bertz CT molecular complexity index is 1640. The fourth-order valence-corrected chi connectivity index (χ4v) is 4.17. The van der Waals surface area contributed by atoms with Crippen molar-refractivity contribution in [3.05, 3.63) is 98.7 Å². The summed E-state index contributed by atoms with van der Waals surface area (Å²) in [6, 6.07) is 14.7. The highest BCUT2D eigenvalue weighted by atomic mass is 35.5. The number of fused-ring (bicyclic) bond motifs is 2. The molecule has 6 nitrogen and oxygen atoms in total. The fraction of sp³-hybridized carbons (Fsp3) is 0.0417. The van der Waals surface area contributed by atoms with Crippen LogP contribution in [0.25, 0.3) is 38.5 Å². The smallest absolute Gasteiger partial charge is 0.333 e. The highest BCUT2D eigenvalue weighted by Gasteiger charge is 2.16. The zero-order valence-electron chi connectivity index (χ0n) is 16.7. The second-order valence-electron chi connectivity index (χ2n) is 7.18. The number of hydrogen-bond donors (Lipinski definition) is 1. The van der Waals surface area contributed by atoms with Gasteiger partial charge >= 0.3 is 5.69 Å². The highest BCUT2D eigenvalue weighted by molar-refractivity contribution is 6.33. The Morgan fingerprint density at radius 1 is 1.03 bits per heavy atom. The van der Waals surface area contributed by atoms with Gasteiger partial charge in [-0.2, -0.15) is 0 Å². The van der Waals surface area contributed by atoms with Crippen LogP contribution in [0, 0.1) is 5.82 Å². The Balaban J connectivity index is 1.76. The third-order valence-electron chi connectivity index (χ3n) is 5.31. The van der Waals surface area contributed by atoms with Crippen molar-refractivity contribution >= 4 is 33.3 Å². The molecule has 0 bridgehead atoms. The molecule has 3 aromatic carbocycles. The van der Waals surface area contributed by atoms with E-state index in [2.05, 4.69) is 9.97 Å². The van der Waals surface area contributed by atoms with Gasteiger partial charge in [0.1, 0.15) is 11.6 Å². The number of aromatic nitrogens is 3. The zero-order valence-corrected chi connectivity index (χ0v) is 17.5. The molecule has 0 fully saturated rings. The molecule has 0 aliphatic carbocycles. The summed E-state index contributed by atoms with van der Waals surface area (Å²) in [4.78, 5) is 33.2. The molecule has 0 atom stereocenters. The van der Waals surface area contributed by atoms with Crippen LogP contribution in [0.5, 0.6) is 5.75 Å². The minimum absolute atomic E-state index is 0.152. The summed E-state index contributed by atoms with van der Waals surface area (Å²) in [5, 5.41) is 2.00. The van der Waals surface area contributed by atoms with E-state index in [-0.39, 0.29) is 10.8 Å². The second kappa shape index (κ2) is 7.62. The van der Waals surface area contributed by atoms with E-state index in [4.69, 9.17) is 16.3 Å². The number of methoxy groups -OCH3 is 1. The number of benzene rings is 3. The van der Waals surface area contributed by atoms with Crippen LogP contribution in [0.2, 0.25) is 5.02 Å². The van der Waals surface area contributed by atoms with Crippen molar-refractivity contribution < 1.29 is 9.13 Å². The van der Waals surface area contributed by atoms with E-state index in [0.29, 0.717) is 27.7 Å². The summed E-state index contributed by atoms with van der Waals surface area (Å²) in [6.07, 6.45) is 3.16. The Labute approximate surface area is 185 Å². The van der Waals surface area contributed by atoms with Crippen molar-refractivity contribution in [3.63, 3.8) is 0 Å². The average Bonchev–Trinajstić information content (AvgIpc) is 2.78. The van der Waals surface area contributed by atoms with Crippen LogP contribution in [0.15, 0.2) is 76.6 Å². The minimum atomic E-state index is -0.602. The largest absolute Gasteiger partial charge is 0.496 e. The Morgan fingerprint density at radius 3 is 2.66 bits per heavy atom. The molecule has 0 saturated carbocycles. The van der Waals surface area contributed by atoms with Crippen LogP contribution in [0.1, 0.15) is 0 Å². The molecule has 0 aliphatic heterocycles. The summed E-state index contributed by atoms with van der Waals surface area (Å²) in [7, 11) is 1.41. The molecular weight excluding hydrogens is 433 g/mol. The van der Waals surface area contributed by atoms with Crippen molar-refractivity contribution in [3.8, 4) is 22.6 Å². The van der Waals surface area contributed by atoms with E-state index >= 15 is 0 Å². The van der Waals surface area contributed by atoms with E-state index in [1.807, 2.05) is 24.3 Å². The maximum Gasteiger partial charge on any atom is 0.333 e. The average molecular weight is 448 g/mol. The number of pyridine rings is 1. The van der Waals surface area contributed by atoms with Crippen LogP contribution in [-0.2, 0) is 0 Å². The van der Waals surface area contributed by atoms with E-state index in [1.165, 1.54) is 25.4 Å². The van der Waals surface area contributed by atoms with Crippen molar-refractivity contribution in [2.24, 2.45) is 0 Å². The van der Waals surface area contributed by atoms with E-state index in [0.717, 1.165) is 15.3 Å². The molecule has 2 heterocycles. The maximum atomic E-state index is 13.7. The molecule has 32 heavy (non-hydrogen) atoms. The Hall–Kier alpha value is -3.97. The van der Waals surface area contributed by atoms with Gasteiger partial charge in [-0.3, -0.25) is 9.78 Å². The first-order valence-electron chi connectivity index (χ1n) is 9.63. The summed E-state index contributed by atoms with van der Waals surface area (Å²) in [6.45, 7) is 0. The first-order chi connectivity index (χ1) is 15.5. The number of H-pyrrole nitrogens is 1. The third kappa shape index (κ3) is 3.14. The van der Waals surface area contributed by atoms with E-state index < -0.39 is 17.1 Å². The van der Waals surface area contributed by atoms with Gasteiger partial charge in [-0.05, 0) is 23.8 Å². The van der Waals surface area contributed by atoms with Crippen LogP contribution in [0.4, 0.5) is 4.39 Å². The first-order valence-corrected chi connectivity index (χ1v) is 10.0. The lowest BCUT2D eigenvalue weighted by Gasteiger charge is -2.13. The van der Waals surface area contributed by atoms with Crippen molar-refractivity contribution in [2.75, 3.05) is 7.11 Å². The molecule has 0 unspecified atom stereocenters. The summed E-state index contributed by atoms with van der Waals surface area (Å²) >= 11 is 6.26. The molecule has 5 aromatic rings. The van der Waals surface area contributed by atoms with Gasteiger partial charge in [0.2, 0.25) is 0 Å². The number of aromatic amines is 1. The fourth-order valence-electron chi connectivity index (χ4n) is 3.86.